The molecule has 1 aliphatic rings. The van der Waals surface area contributed by atoms with Crippen LogP contribution >= 0.6 is 11.3 Å². The standard InChI is InChI=1S/C13H19NO3S/c1-17-13(7-3-2-4-8-13)12-14-10(9-18-12)5-6-11(15)16/h9H,2-8H2,1H3,(H,15,16). The minimum atomic E-state index is -0.774. The van der Waals surface area contributed by atoms with Crippen LogP contribution < -0.4 is 0 Å². The molecule has 1 aromatic rings. The molecule has 1 aromatic heterocycles. The van der Waals surface area contributed by atoms with E-state index in [4.69, 9.17) is 9.84 Å². The number of thiazole rings is 1. The van der Waals surface area contributed by atoms with Crippen molar-refractivity contribution in [2.24, 2.45) is 0 Å². The molecule has 1 aliphatic carbocycles. The Morgan fingerprint density at radius 1 is 1.50 bits per heavy atom. The molecule has 1 N–H and O–H groups in total. The van der Waals surface area contributed by atoms with E-state index in [0.29, 0.717) is 6.42 Å². The second kappa shape index (κ2) is 5.80. The van der Waals surface area contributed by atoms with Crippen LogP contribution in [0.1, 0.15) is 49.2 Å². The Labute approximate surface area is 111 Å². The molecular formula is C13H19NO3S. The fourth-order valence-corrected chi connectivity index (χ4v) is 3.58. The van der Waals surface area contributed by atoms with Crippen LogP contribution in [0.4, 0.5) is 0 Å². The molecule has 5 heteroatoms. The number of carbonyl (C=O) groups is 1. The molecule has 0 bridgehead atoms. The highest BCUT2D eigenvalue weighted by atomic mass is 32.1. The van der Waals surface area contributed by atoms with E-state index in [1.54, 1.807) is 18.4 Å². The van der Waals surface area contributed by atoms with Gasteiger partial charge in [-0.2, -0.15) is 0 Å². The molecule has 1 heterocycles. The Morgan fingerprint density at radius 2 is 2.22 bits per heavy atom. The van der Waals surface area contributed by atoms with E-state index in [2.05, 4.69) is 4.98 Å². The van der Waals surface area contributed by atoms with Crippen molar-refractivity contribution in [2.75, 3.05) is 7.11 Å². The summed E-state index contributed by atoms with van der Waals surface area (Å²) in [4.78, 5) is 15.1. The Morgan fingerprint density at radius 3 is 2.83 bits per heavy atom. The highest BCUT2D eigenvalue weighted by Crippen LogP contribution is 2.41. The third kappa shape index (κ3) is 2.90. The fourth-order valence-electron chi connectivity index (χ4n) is 2.49. The number of carboxylic acids is 1. The molecule has 1 saturated carbocycles. The van der Waals surface area contributed by atoms with Gasteiger partial charge in [0.15, 0.2) is 0 Å². The highest BCUT2D eigenvalue weighted by Gasteiger charge is 2.36. The molecule has 0 aliphatic heterocycles. The minimum Gasteiger partial charge on any atom is -0.481 e. The van der Waals surface area contributed by atoms with Gasteiger partial charge in [-0.15, -0.1) is 11.3 Å². The first-order valence-corrected chi connectivity index (χ1v) is 7.26. The third-order valence-electron chi connectivity index (χ3n) is 3.59. The summed E-state index contributed by atoms with van der Waals surface area (Å²) in [6.07, 6.45) is 6.32. The number of aromatic nitrogens is 1. The number of rotatable bonds is 5. The monoisotopic (exact) mass is 269 g/mol. The van der Waals surface area contributed by atoms with Crippen LogP contribution in [0.5, 0.6) is 0 Å². The molecule has 2 rings (SSSR count). The van der Waals surface area contributed by atoms with Crippen molar-refractivity contribution in [2.45, 2.75) is 50.5 Å². The fraction of sp³-hybridized carbons (Fsp3) is 0.692. The van der Waals surface area contributed by atoms with Gasteiger partial charge in [0.25, 0.3) is 0 Å². The smallest absolute Gasteiger partial charge is 0.303 e. The summed E-state index contributed by atoms with van der Waals surface area (Å²) in [5.74, 6) is -0.774. The molecular weight excluding hydrogens is 250 g/mol. The van der Waals surface area contributed by atoms with Crippen LogP contribution in [0.2, 0.25) is 0 Å². The van der Waals surface area contributed by atoms with Crippen LogP contribution in [0.3, 0.4) is 0 Å². The average molecular weight is 269 g/mol. The van der Waals surface area contributed by atoms with Crippen LogP contribution in [0, 0.1) is 0 Å². The van der Waals surface area contributed by atoms with Crippen molar-refractivity contribution in [3.8, 4) is 0 Å². The quantitative estimate of drug-likeness (QED) is 0.892. The molecule has 0 radical (unpaired) electrons. The summed E-state index contributed by atoms with van der Waals surface area (Å²) >= 11 is 1.60. The van der Waals surface area contributed by atoms with Gasteiger partial charge in [-0.3, -0.25) is 4.79 Å². The zero-order valence-corrected chi connectivity index (χ0v) is 11.5. The molecule has 0 aromatic carbocycles. The lowest BCUT2D eigenvalue weighted by atomic mass is 9.85. The van der Waals surface area contributed by atoms with E-state index < -0.39 is 5.97 Å². The number of aryl methyl sites for hydroxylation is 1. The average Bonchev–Trinajstić information content (AvgIpc) is 2.86. The zero-order valence-electron chi connectivity index (χ0n) is 10.6. The second-order valence-corrected chi connectivity index (χ2v) is 5.65. The van der Waals surface area contributed by atoms with Gasteiger partial charge < -0.3 is 9.84 Å². The van der Waals surface area contributed by atoms with Gasteiger partial charge in [-0.1, -0.05) is 19.3 Å². The van der Waals surface area contributed by atoms with E-state index in [0.717, 1.165) is 23.5 Å². The van der Waals surface area contributed by atoms with Crippen molar-refractivity contribution >= 4 is 17.3 Å². The number of methoxy groups -OCH3 is 1. The normalized spacial score (nSPS) is 18.7. The number of hydrogen-bond acceptors (Lipinski definition) is 4. The number of hydrogen-bond donors (Lipinski definition) is 1. The third-order valence-corrected chi connectivity index (χ3v) is 4.66. The predicted molar refractivity (Wildman–Crippen MR) is 69.8 cm³/mol. The molecule has 0 spiro atoms. The lowest BCUT2D eigenvalue weighted by Crippen LogP contribution is -2.31. The lowest BCUT2D eigenvalue weighted by molar-refractivity contribution is -0.136. The topological polar surface area (TPSA) is 59.4 Å². The van der Waals surface area contributed by atoms with Gasteiger partial charge in [-0.05, 0) is 12.8 Å². The minimum absolute atomic E-state index is 0.142. The molecule has 100 valence electrons. The maximum Gasteiger partial charge on any atom is 0.303 e. The molecule has 0 unspecified atom stereocenters. The van der Waals surface area contributed by atoms with Gasteiger partial charge in [0.05, 0.1) is 12.1 Å². The molecule has 0 saturated heterocycles. The maximum atomic E-state index is 10.6. The number of aliphatic carboxylic acids is 1. The molecule has 4 nitrogen and oxygen atoms in total. The molecule has 1 fully saturated rings. The molecule has 18 heavy (non-hydrogen) atoms. The van der Waals surface area contributed by atoms with Crippen LogP contribution in [-0.4, -0.2) is 23.2 Å². The van der Waals surface area contributed by atoms with E-state index in [9.17, 15) is 4.79 Å². The largest absolute Gasteiger partial charge is 0.481 e. The predicted octanol–water partition coefficient (Wildman–Crippen LogP) is 2.97. The van der Waals surface area contributed by atoms with Gasteiger partial charge in [0, 0.05) is 18.9 Å². The van der Waals surface area contributed by atoms with Crippen LogP contribution in [-0.2, 0) is 21.6 Å². The Hall–Kier alpha value is -0.940. The van der Waals surface area contributed by atoms with Crippen molar-refractivity contribution in [3.05, 3.63) is 16.1 Å². The van der Waals surface area contributed by atoms with Gasteiger partial charge in [-0.25, -0.2) is 4.98 Å². The van der Waals surface area contributed by atoms with Crippen molar-refractivity contribution in [3.63, 3.8) is 0 Å². The summed E-state index contributed by atoms with van der Waals surface area (Å²) in [6.45, 7) is 0. The zero-order chi connectivity index (χ0) is 13.0. The van der Waals surface area contributed by atoms with Crippen molar-refractivity contribution in [1.82, 2.24) is 4.98 Å². The van der Waals surface area contributed by atoms with Crippen molar-refractivity contribution < 1.29 is 14.6 Å². The summed E-state index contributed by atoms with van der Waals surface area (Å²) in [6, 6.07) is 0. The Kier molecular flexibility index (Phi) is 4.35. The summed E-state index contributed by atoms with van der Waals surface area (Å²) in [7, 11) is 1.75. The molecule has 0 amide bonds. The van der Waals surface area contributed by atoms with Gasteiger partial charge in [0.1, 0.15) is 10.6 Å². The summed E-state index contributed by atoms with van der Waals surface area (Å²) in [5, 5.41) is 11.7. The van der Waals surface area contributed by atoms with E-state index in [-0.39, 0.29) is 12.0 Å². The van der Waals surface area contributed by atoms with E-state index >= 15 is 0 Å². The first kappa shape index (κ1) is 13.5. The van der Waals surface area contributed by atoms with E-state index in [1.165, 1.54) is 19.3 Å². The maximum absolute atomic E-state index is 10.6. The van der Waals surface area contributed by atoms with Gasteiger partial charge >= 0.3 is 5.97 Å². The molecule has 0 atom stereocenters. The van der Waals surface area contributed by atoms with Crippen molar-refractivity contribution in [1.29, 1.82) is 0 Å². The first-order chi connectivity index (χ1) is 8.66. The van der Waals surface area contributed by atoms with E-state index in [1.807, 2.05) is 5.38 Å². The first-order valence-electron chi connectivity index (χ1n) is 6.38. The summed E-state index contributed by atoms with van der Waals surface area (Å²) in [5.41, 5.74) is 0.657. The Balaban J connectivity index is 2.09. The summed E-state index contributed by atoms with van der Waals surface area (Å²) < 4.78 is 5.74. The van der Waals surface area contributed by atoms with Gasteiger partial charge in [0.2, 0.25) is 0 Å². The van der Waals surface area contributed by atoms with Crippen LogP contribution in [0.15, 0.2) is 5.38 Å². The lowest BCUT2D eigenvalue weighted by Gasteiger charge is -2.34. The highest BCUT2D eigenvalue weighted by molar-refractivity contribution is 7.09. The second-order valence-electron chi connectivity index (χ2n) is 4.80. The number of nitrogens with zero attached hydrogens (tertiary/aromatic N) is 1. The number of carboxylic acid groups (broad SMARTS) is 1. The number of ether oxygens (including phenoxy) is 1. The SMILES string of the molecule is COC1(c2nc(CCC(=O)O)cs2)CCCCC1. The Bertz CT molecular complexity index is 410. The van der Waals surface area contributed by atoms with Crippen LogP contribution in [0.25, 0.3) is 0 Å².